The average molecular weight is 465 g/mol. The van der Waals surface area contributed by atoms with Crippen LogP contribution in [0.15, 0.2) is 91.3 Å². The van der Waals surface area contributed by atoms with E-state index in [2.05, 4.69) is 34.7 Å². The second kappa shape index (κ2) is 9.97. The molecule has 35 heavy (non-hydrogen) atoms. The number of nitrogens with zero attached hydrogens (tertiary/aromatic N) is 3. The summed E-state index contributed by atoms with van der Waals surface area (Å²) in [4.78, 5) is 27.3. The third kappa shape index (κ3) is 5.49. The minimum atomic E-state index is -0.0447. The van der Waals surface area contributed by atoms with Gasteiger partial charge in [-0.2, -0.15) is 5.10 Å². The number of nitrogens with one attached hydrogen (secondary N) is 1. The van der Waals surface area contributed by atoms with Crippen LogP contribution < -0.4 is 5.32 Å². The van der Waals surface area contributed by atoms with Gasteiger partial charge < -0.3 is 10.2 Å². The summed E-state index contributed by atoms with van der Waals surface area (Å²) in [7, 11) is 1.81. The van der Waals surface area contributed by atoms with Crippen molar-refractivity contribution in [3.05, 3.63) is 114 Å². The number of hydrogen-bond donors (Lipinski definition) is 1. The summed E-state index contributed by atoms with van der Waals surface area (Å²) >= 11 is 0. The van der Waals surface area contributed by atoms with E-state index in [1.807, 2.05) is 65.5 Å². The quantitative estimate of drug-likeness (QED) is 0.409. The van der Waals surface area contributed by atoms with Crippen LogP contribution in [0.2, 0.25) is 0 Å². The maximum Gasteiger partial charge on any atom is 0.254 e. The molecule has 6 nitrogen and oxygen atoms in total. The highest BCUT2D eigenvalue weighted by molar-refractivity contribution is 6.00. The number of carbonyl (C=O) groups excluding carboxylic acids is 2. The first-order valence-corrected chi connectivity index (χ1v) is 11.9. The molecule has 1 fully saturated rings. The van der Waals surface area contributed by atoms with Gasteiger partial charge >= 0.3 is 0 Å². The van der Waals surface area contributed by atoms with Gasteiger partial charge in [0.15, 0.2) is 0 Å². The van der Waals surface area contributed by atoms with Crippen molar-refractivity contribution >= 4 is 11.8 Å². The Hall–Kier alpha value is -4.19. The molecule has 3 aromatic carbocycles. The molecule has 1 aliphatic rings. The van der Waals surface area contributed by atoms with Gasteiger partial charge in [0.05, 0.1) is 6.54 Å². The molecule has 0 radical (unpaired) electrons. The number of aromatic nitrogens is 2. The molecule has 0 aliphatic heterocycles. The molecular weight excluding hydrogens is 436 g/mol. The molecule has 0 unspecified atom stereocenters. The standard InChI is InChI=1S/C29H28N4O2/c1-32(19-21-9-13-24(14-10-21)28(34)31-25-15-16-25)29(35)27-6-3-2-5-26(27)23-11-7-22(8-12-23)20-33-18-4-17-30-33/h2-14,17-18,25H,15-16,19-20H2,1H3,(H,31,34). The van der Waals surface area contributed by atoms with Crippen molar-refractivity contribution in [2.45, 2.75) is 32.0 Å². The third-order valence-electron chi connectivity index (χ3n) is 6.22. The maximum absolute atomic E-state index is 13.4. The van der Waals surface area contributed by atoms with E-state index in [1.165, 1.54) is 0 Å². The molecule has 2 amide bonds. The van der Waals surface area contributed by atoms with Crippen LogP contribution in [0.3, 0.4) is 0 Å². The smallest absolute Gasteiger partial charge is 0.254 e. The zero-order valence-corrected chi connectivity index (χ0v) is 19.7. The monoisotopic (exact) mass is 464 g/mol. The second-order valence-electron chi connectivity index (χ2n) is 9.05. The van der Waals surface area contributed by atoms with E-state index in [9.17, 15) is 9.59 Å². The maximum atomic E-state index is 13.4. The average Bonchev–Trinajstić information content (AvgIpc) is 3.56. The molecule has 0 atom stereocenters. The molecule has 0 bridgehead atoms. The van der Waals surface area contributed by atoms with Gasteiger partial charge in [-0.3, -0.25) is 14.3 Å². The first-order chi connectivity index (χ1) is 17.1. The Morgan fingerprint density at radius 1 is 0.943 bits per heavy atom. The summed E-state index contributed by atoms with van der Waals surface area (Å²) in [6.07, 6.45) is 5.84. The SMILES string of the molecule is CN(Cc1ccc(C(=O)NC2CC2)cc1)C(=O)c1ccccc1-c1ccc(Cn2cccn2)cc1. The van der Waals surface area contributed by atoms with Gasteiger partial charge in [-0.1, -0.05) is 54.6 Å². The fourth-order valence-electron chi connectivity index (χ4n) is 4.10. The van der Waals surface area contributed by atoms with E-state index in [4.69, 9.17) is 0 Å². The lowest BCUT2D eigenvalue weighted by atomic mass is 9.97. The van der Waals surface area contributed by atoms with Crippen molar-refractivity contribution in [2.75, 3.05) is 7.05 Å². The van der Waals surface area contributed by atoms with E-state index in [-0.39, 0.29) is 11.8 Å². The molecule has 0 spiro atoms. The normalized spacial score (nSPS) is 12.8. The Labute approximate surface area is 205 Å². The van der Waals surface area contributed by atoms with Crippen LogP contribution in [0.1, 0.15) is 44.7 Å². The number of amides is 2. The first-order valence-electron chi connectivity index (χ1n) is 11.9. The summed E-state index contributed by atoms with van der Waals surface area (Å²) in [6, 6.07) is 25.7. The van der Waals surface area contributed by atoms with Crippen molar-refractivity contribution in [1.29, 1.82) is 0 Å². The Kier molecular flexibility index (Phi) is 6.44. The minimum absolute atomic E-state index is 0.0342. The lowest BCUT2D eigenvalue weighted by Crippen LogP contribution is -2.27. The predicted molar refractivity (Wildman–Crippen MR) is 136 cm³/mol. The van der Waals surface area contributed by atoms with Crippen LogP contribution in [0.5, 0.6) is 0 Å². The topological polar surface area (TPSA) is 67.2 Å². The van der Waals surface area contributed by atoms with Crippen LogP contribution in [-0.2, 0) is 13.1 Å². The number of carbonyl (C=O) groups is 2. The summed E-state index contributed by atoms with van der Waals surface area (Å²) in [5, 5.41) is 7.26. The molecule has 1 N–H and O–H groups in total. The number of benzene rings is 3. The van der Waals surface area contributed by atoms with Crippen molar-refractivity contribution in [3.63, 3.8) is 0 Å². The largest absolute Gasteiger partial charge is 0.349 e. The second-order valence-corrected chi connectivity index (χ2v) is 9.05. The van der Waals surface area contributed by atoms with Crippen molar-refractivity contribution in [3.8, 4) is 11.1 Å². The molecule has 1 heterocycles. The first kappa shape index (κ1) is 22.6. The summed E-state index contributed by atoms with van der Waals surface area (Å²) in [5.41, 5.74) is 5.34. The Balaban J connectivity index is 1.27. The highest BCUT2D eigenvalue weighted by atomic mass is 16.2. The highest BCUT2D eigenvalue weighted by Gasteiger charge is 2.23. The van der Waals surface area contributed by atoms with Gasteiger partial charge in [0.25, 0.3) is 11.8 Å². The van der Waals surface area contributed by atoms with Gasteiger partial charge in [0, 0.05) is 43.2 Å². The molecule has 6 heteroatoms. The van der Waals surface area contributed by atoms with Gasteiger partial charge in [-0.25, -0.2) is 0 Å². The fourth-order valence-corrected chi connectivity index (χ4v) is 4.10. The van der Waals surface area contributed by atoms with Gasteiger partial charge in [-0.15, -0.1) is 0 Å². The highest BCUT2D eigenvalue weighted by Crippen LogP contribution is 2.26. The lowest BCUT2D eigenvalue weighted by Gasteiger charge is -2.20. The molecule has 5 rings (SSSR count). The number of rotatable bonds is 8. The molecule has 0 saturated heterocycles. The summed E-state index contributed by atoms with van der Waals surface area (Å²) in [6.45, 7) is 1.16. The van der Waals surface area contributed by atoms with Crippen LogP contribution in [-0.4, -0.2) is 39.6 Å². The Morgan fingerprint density at radius 3 is 2.34 bits per heavy atom. The molecule has 4 aromatic rings. The van der Waals surface area contributed by atoms with Gasteiger partial charge in [0.2, 0.25) is 0 Å². The van der Waals surface area contributed by atoms with Gasteiger partial charge in [-0.05, 0) is 59.4 Å². The Morgan fingerprint density at radius 2 is 1.66 bits per heavy atom. The van der Waals surface area contributed by atoms with Crippen molar-refractivity contribution in [2.24, 2.45) is 0 Å². The van der Waals surface area contributed by atoms with Gasteiger partial charge in [0.1, 0.15) is 0 Å². The molecule has 1 aromatic heterocycles. The number of hydrogen-bond acceptors (Lipinski definition) is 3. The van der Waals surface area contributed by atoms with Crippen LogP contribution in [0.25, 0.3) is 11.1 Å². The van der Waals surface area contributed by atoms with E-state index in [1.54, 1.807) is 18.1 Å². The summed E-state index contributed by atoms with van der Waals surface area (Å²) < 4.78 is 1.88. The van der Waals surface area contributed by atoms with E-state index < -0.39 is 0 Å². The Bertz CT molecular complexity index is 1310. The zero-order chi connectivity index (χ0) is 24.2. The van der Waals surface area contributed by atoms with E-state index >= 15 is 0 Å². The molecule has 1 saturated carbocycles. The molecule has 1 aliphatic carbocycles. The van der Waals surface area contributed by atoms with Crippen molar-refractivity contribution in [1.82, 2.24) is 20.0 Å². The van der Waals surface area contributed by atoms with Crippen LogP contribution >= 0.6 is 0 Å². The fraction of sp³-hybridized carbons (Fsp3) is 0.207. The van der Waals surface area contributed by atoms with Crippen LogP contribution in [0.4, 0.5) is 0 Å². The minimum Gasteiger partial charge on any atom is -0.349 e. The zero-order valence-electron chi connectivity index (χ0n) is 19.7. The molecule has 176 valence electrons. The predicted octanol–water partition coefficient (Wildman–Crippen LogP) is 4.76. The van der Waals surface area contributed by atoms with Crippen molar-refractivity contribution < 1.29 is 9.59 Å². The summed E-state index contributed by atoms with van der Waals surface area (Å²) in [5.74, 6) is -0.0789. The van der Waals surface area contributed by atoms with Crippen LogP contribution in [0, 0.1) is 0 Å². The molecular formula is C29H28N4O2. The third-order valence-corrected chi connectivity index (χ3v) is 6.22. The van der Waals surface area contributed by atoms with E-state index in [0.717, 1.165) is 35.1 Å². The lowest BCUT2D eigenvalue weighted by molar-refractivity contribution is 0.0785. The van der Waals surface area contributed by atoms with E-state index in [0.29, 0.717) is 30.3 Å².